The van der Waals surface area contributed by atoms with Gasteiger partial charge in [-0.2, -0.15) is 0 Å². The molecular weight excluding hydrogens is 171 g/mol. The normalized spacial score (nSPS) is 32.3. The molecule has 1 fully saturated rings. The van der Waals surface area contributed by atoms with Crippen molar-refractivity contribution in [2.24, 2.45) is 5.92 Å². The molecule has 0 amide bonds. The van der Waals surface area contributed by atoms with E-state index in [1.807, 2.05) is 0 Å². The molecule has 78 valence electrons. The summed E-state index contributed by atoms with van der Waals surface area (Å²) in [6.07, 6.45) is -0.849. The van der Waals surface area contributed by atoms with Crippen molar-refractivity contribution in [3.05, 3.63) is 0 Å². The molecule has 1 heterocycles. The van der Waals surface area contributed by atoms with Crippen LogP contribution in [0.25, 0.3) is 0 Å². The summed E-state index contributed by atoms with van der Waals surface area (Å²) in [5.74, 6) is 0.580. The van der Waals surface area contributed by atoms with Crippen molar-refractivity contribution in [2.45, 2.75) is 19.1 Å². The number of nitrogens with one attached hydrogen (secondary N) is 1. The van der Waals surface area contributed by atoms with E-state index in [2.05, 4.69) is 24.2 Å². The van der Waals surface area contributed by atoms with E-state index >= 15 is 0 Å². The van der Waals surface area contributed by atoms with Crippen LogP contribution in [0.15, 0.2) is 0 Å². The Balaban J connectivity index is 2.21. The third kappa shape index (κ3) is 3.21. The summed E-state index contributed by atoms with van der Waals surface area (Å²) in [5.41, 5.74) is 0. The van der Waals surface area contributed by atoms with Crippen molar-refractivity contribution in [1.29, 1.82) is 0 Å². The molecule has 0 saturated carbocycles. The number of aliphatic hydroxyl groups excluding tert-OH is 1. The van der Waals surface area contributed by atoms with E-state index in [1.54, 1.807) is 0 Å². The number of aliphatic hydroxyl groups is 1. The van der Waals surface area contributed by atoms with Gasteiger partial charge in [0.25, 0.3) is 0 Å². The molecule has 0 aromatic rings. The van der Waals surface area contributed by atoms with Crippen LogP contribution in [-0.2, 0) is 0 Å². The molecule has 0 radical (unpaired) electrons. The molecular formula is C9H19FN2O. The monoisotopic (exact) mass is 190 g/mol. The minimum absolute atomic E-state index is 0.360. The van der Waals surface area contributed by atoms with E-state index in [4.69, 9.17) is 5.11 Å². The lowest BCUT2D eigenvalue weighted by atomic mass is 10.1. The first kappa shape index (κ1) is 10.9. The second-order valence-corrected chi connectivity index (χ2v) is 4.02. The largest absolute Gasteiger partial charge is 0.389 e. The molecule has 0 spiro atoms. The molecule has 1 saturated heterocycles. The quantitative estimate of drug-likeness (QED) is 0.647. The Kier molecular flexibility index (Phi) is 4.09. The zero-order chi connectivity index (χ0) is 9.84. The maximum atomic E-state index is 11.9. The van der Waals surface area contributed by atoms with E-state index in [0.717, 1.165) is 13.1 Å². The van der Waals surface area contributed by atoms with Crippen LogP contribution in [0.5, 0.6) is 0 Å². The summed E-state index contributed by atoms with van der Waals surface area (Å²) < 4.78 is 11.9. The topological polar surface area (TPSA) is 35.5 Å². The number of rotatable bonds is 4. The second-order valence-electron chi connectivity index (χ2n) is 4.02. The van der Waals surface area contributed by atoms with E-state index in [1.165, 1.54) is 0 Å². The van der Waals surface area contributed by atoms with Crippen LogP contribution in [0.3, 0.4) is 0 Å². The van der Waals surface area contributed by atoms with Gasteiger partial charge in [-0.15, -0.1) is 0 Å². The van der Waals surface area contributed by atoms with Crippen molar-refractivity contribution in [2.75, 3.05) is 33.4 Å². The Labute approximate surface area is 78.9 Å². The summed E-state index contributed by atoms with van der Waals surface area (Å²) in [6, 6.07) is 0.395. The number of alkyl halides is 1. The second kappa shape index (κ2) is 4.88. The molecule has 13 heavy (non-hydrogen) atoms. The van der Waals surface area contributed by atoms with Gasteiger partial charge in [0, 0.05) is 25.7 Å². The van der Waals surface area contributed by atoms with Gasteiger partial charge in [0.2, 0.25) is 0 Å². The number of nitrogens with zero attached hydrogens (tertiary/aromatic N) is 1. The lowest BCUT2D eigenvalue weighted by Gasteiger charge is -2.17. The average molecular weight is 190 g/mol. The van der Waals surface area contributed by atoms with E-state index in [-0.39, 0.29) is 0 Å². The molecule has 0 bridgehead atoms. The first-order valence-electron chi connectivity index (χ1n) is 4.79. The Morgan fingerprint density at radius 1 is 1.62 bits per heavy atom. The van der Waals surface area contributed by atoms with Crippen LogP contribution in [0.1, 0.15) is 6.92 Å². The third-order valence-electron chi connectivity index (χ3n) is 2.59. The van der Waals surface area contributed by atoms with Gasteiger partial charge in [0.15, 0.2) is 0 Å². The molecule has 1 aliphatic rings. The van der Waals surface area contributed by atoms with E-state index in [0.29, 0.717) is 18.5 Å². The fraction of sp³-hybridized carbons (Fsp3) is 1.00. The smallest absolute Gasteiger partial charge is 0.117 e. The highest BCUT2D eigenvalue weighted by Crippen LogP contribution is 2.13. The van der Waals surface area contributed by atoms with Gasteiger partial charge in [-0.1, -0.05) is 6.92 Å². The number of likely N-dealkylation sites (N-methyl/N-ethyl adjacent to an activating group) is 1. The predicted octanol–water partition coefficient (Wildman–Crippen LogP) is -0.143. The Morgan fingerprint density at radius 2 is 2.31 bits per heavy atom. The van der Waals surface area contributed by atoms with Crippen LogP contribution in [0, 0.1) is 5.92 Å². The maximum absolute atomic E-state index is 11.9. The molecule has 0 aromatic heterocycles. The predicted molar refractivity (Wildman–Crippen MR) is 50.4 cm³/mol. The minimum Gasteiger partial charge on any atom is -0.389 e. The maximum Gasteiger partial charge on any atom is 0.117 e. The van der Waals surface area contributed by atoms with Crippen LogP contribution < -0.4 is 5.32 Å². The van der Waals surface area contributed by atoms with Gasteiger partial charge >= 0.3 is 0 Å². The average Bonchev–Trinajstić information content (AvgIpc) is 2.41. The summed E-state index contributed by atoms with van der Waals surface area (Å²) in [7, 11) is 2.07. The van der Waals surface area contributed by atoms with Crippen LogP contribution in [0.4, 0.5) is 4.39 Å². The molecule has 3 nitrogen and oxygen atoms in total. The summed E-state index contributed by atoms with van der Waals surface area (Å²) >= 11 is 0. The number of hydrogen-bond donors (Lipinski definition) is 2. The van der Waals surface area contributed by atoms with Crippen LogP contribution in [0.2, 0.25) is 0 Å². The number of halogens is 1. The van der Waals surface area contributed by atoms with E-state index in [9.17, 15) is 4.39 Å². The third-order valence-corrected chi connectivity index (χ3v) is 2.59. The lowest BCUT2D eigenvalue weighted by molar-refractivity contribution is 0.133. The summed E-state index contributed by atoms with van der Waals surface area (Å²) in [4.78, 5) is 2.24. The van der Waals surface area contributed by atoms with Crippen molar-refractivity contribution >= 4 is 0 Å². The number of hydrogen-bond acceptors (Lipinski definition) is 3. The highest BCUT2D eigenvalue weighted by Gasteiger charge is 2.26. The Hall–Kier alpha value is -0.190. The van der Waals surface area contributed by atoms with Gasteiger partial charge < -0.3 is 15.3 Å². The SMILES string of the molecule is CC1CN(C)CC1NCC(O)CF. The molecule has 0 aliphatic carbocycles. The van der Waals surface area contributed by atoms with Gasteiger partial charge in [0.05, 0.1) is 6.10 Å². The van der Waals surface area contributed by atoms with Gasteiger partial charge in [-0.05, 0) is 13.0 Å². The molecule has 0 aromatic carbocycles. The highest BCUT2D eigenvalue weighted by molar-refractivity contribution is 4.85. The summed E-state index contributed by atoms with van der Waals surface area (Å²) in [6.45, 7) is 3.93. The van der Waals surface area contributed by atoms with E-state index < -0.39 is 12.8 Å². The zero-order valence-corrected chi connectivity index (χ0v) is 8.33. The Bertz CT molecular complexity index is 157. The minimum atomic E-state index is -0.849. The fourth-order valence-electron chi connectivity index (χ4n) is 1.82. The first-order valence-corrected chi connectivity index (χ1v) is 4.79. The van der Waals surface area contributed by atoms with Crippen LogP contribution >= 0.6 is 0 Å². The highest BCUT2D eigenvalue weighted by atomic mass is 19.1. The fourth-order valence-corrected chi connectivity index (χ4v) is 1.82. The van der Waals surface area contributed by atoms with Crippen LogP contribution in [-0.4, -0.2) is 55.5 Å². The first-order chi connectivity index (χ1) is 6.13. The van der Waals surface area contributed by atoms with Crippen molar-refractivity contribution in [1.82, 2.24) is 10.2 Å². The van der Waals surface area contributed by atoms with Crippen molar-refractivity contribution in [3.63, 3.8) is 0 Å². The molecule has 4 heteroatoms. The van der Waals surface area contributed by atoms with Gasteiger partial charge in [-0.3, -0.25) is 0 Å². The Morgan fingerprint density at radius 3 is 2.77 bits per heavy atom. The van der Waals surface area contributed by atoms with Crippen molar-refractivity contribution in [3.8, 4) is 0 Å². The van der Waals surface area contributed by atoms with Gasteiger partial charge in [-0.25, -0.2) is 4.39 Å². The van der Waals surface area contributed by atoms with Crippen molar-refractivity contribution < 1.29 is 9.50 Å². The molecule has 3 unspecified atom stereocenters. The summed E-state index contributed by atoms with van der Waals surface area (Å²) in [5, 5.41) is 12.2. The molecule has 3 atom stereocenters. The lowest BCUT2D eigenvalue weighted by Crippen LogP contribution is -2.40. The molecule has 2 N–H and O–H groups in total. The number of likely N-dealkylation sites (tertiary alicyclic amines) is 1. The van der Waals surface area contributed by atoms with Gasteiger partial charge in [0.1, 0.15) is 6.67 Å². The standard InChI is InChI=1S/C9H19FN2O/c1-7-5-12(2)6-9(7)11-4-8(13)3-10/h7-9,11,13H,3-6H2,1-2H3. The molecule has 1 rings (SSSR count). The zero-order valence-electron chi connectivity index (χ0n) is 8.33. The molecule has 1 aliphatic heterocycles.